The number of halogens is 2. The fourth-order valence-electron chi connectivity index (χ4n) is 2.19. The van der Waals surface area contributed by atoms with Gasteiger partial charge in [-0.15, -0.1) is 0 Å². The minimum Gasteiger partial charge on any atom is -0.296 e. The molecular weight excluding hydrogens is 265 g/mol. The molecule has 0 bridgehead atoms. The highest BCUT2D eigenvalue weighted by molar-refractivity contribution is 6.24. The Morgan fingerprint density at radius 2 is 2.11 bits per heavy atom. The van der Waals surface area contributed by atoms with Gasteiger partial charge in [0.2, 0.25) is 0 Å². The van der Waals surface area contributed by atoms with E-state index in [4.69, 9.17) is 11.8 Å². The molecule has 0 unspecified atom stereocenters. The maximum atomic E-state index is 13.8. The molecule has 0 aliphatic heterocycles. The number of benzene rings is 2. The maximum absolute atomic E-state index is 13.8. The molecule has 0 saturated heterocycles. The van der Waals surface area contributed by atoms with Crippen LogP contribution in [0, 0.1) is 5.82 Å². The summed E-state index contributed by atoms with van der Waals surface area (Å²) in [5, 5.41) is 5.22. The Hall–Kier alpha value is -2.07. The summed E-state index contributed by atoms with van der Waals surface area (Å²) < 4.78 is 15.6. The molecule has 1 heterocycles. The van der Waals surface area contributed by atoms with E-state index in [0.717, 1.165) is 22.0 Å². The van der Waals surface area contributed by atoms with E-state index in [1.54, 1.807) is 16.9 Å². The van der Waals surface area contributed by atoms with Gasteiger partial charge in [-0.3, -0.25) is 9.52 Å². The van der Waals surface area contributed by atoms with Crippen LogP contribution in [0.3, 0.4) is 0 Å². The summed E-state index contributed by atoms with van der Waals surface area (Å²) in [6.07, 6.45) is 1.79. The molecule has 19 heavy (non-hydrogen) atoms. The van der Waals surface area contributed by atoms with E-state index >= 15 is 0 Å². The van der Waals surface area contributed by atoms with Crippen molar-refractivity contribution in [3.63, 3.8) is 0 Å². The Bertz CT molecular complexity index is 752. The lowest BCUT2D eigenvalue weighted by Crippen LogP contribution is -1.89. The first-order chi connectivity index (χ1) is 9.20. The normalized spacial score (nSPS) is 10.9. The van der Waals surface area contributed by atoms with Crippen molar-refractivity contribution in [1.29, 1.82) is 0 Å². The third kappa shape index (κ3) is 1.94. The molecule has 96 valence electrons. The highest BCUT2D eigenvalue weighted by atomic mass is 35.5. The number of hydrogen-bond acceptors (Lipinski definition) is 2. The lowest BCUT2D eigenvalue weighted by Gasteiger charge is -2.06. The Balaban J connectivity index is 2.21. The van der Waals surface area contributed by atoms with Crippen LogP contribution in [-0.2, 0) is 7.05 Å². The van der Waals surface area contributed by atoms with Gasteiger partial charge in [-0.2, -0.15) is 5.10 Å². The van der Waals surface area contributed by atoms with E-state index in [-0.39, 0.29) is 11.5 Å². The van der Waals surface area contributed by atoms with Crippen LogP contribution >= 0.6 is 11.8 Å². The van der Waals surface area contributed by atoms with Crippen LogP contribution in [0.1, 0.15) is 0 Å². The maximum Gasteiger partial charge on any atom is 0.148 e. The number of rotatable bonds is 2. The zero-order valence-electron chi connectivity index (χ0n) is 10.2. The van der Waals surface area contributed by atoms with Crippen LogP contribution in [0.2, 0.25) is 0 Å². The van der Waals surface area contributed by atoms with E-state index in [1.807, 2.05) is 31.3 Å². The highest BCUT2D eigenvalue weighted by Crippen LogP contribution is 2.30. The Morgan fingerprint density at radius 3 is 2.84 bits per heavy atom. The zero-order chi connectivity index (χ0) is 13.4. The molecular formula is C14H11ClFN3. The number of aromatic nitrogens is 2. The van der Waals surface area contributed by atoms with Crippen LogP contribution in [-0.4, -0.2) is 9.78 Å². The van der Waals surface area contributed by atoms with Gasteiger partial charge in [0.25, 0.3) is 0 Å². The third-order valence-corrected chi connectivity index (χ3v) is 3.38. The molecule has 0 fully saturated rings. The quantitative estimate of drug-likeness (QED) is 0.718. The van der Waals surface area contributed by atoms with E-state index in [2.05, 4.69) is 9.93 Å². The summed E-state index contributed by atoms with van der Waals surface area (Å²) in [5.74, 6) is -0.381. The number of fused-ring (bicyclic) bond motifs is 1. The molecule has 0 atom stereocenters. The van der Waals surface area contributed by atoms with Crippen LogP contribution in [0.15, 0.2) is 42.6 Å². The summed E-state index contributed by atoms with van der Waals surface area (Å²) in [6, 6.07) is 10.8. The van der Waals surface area contributed by atoms with Gasteiger partial charge >= 0.3 is 0 Å². The van der Waals surface area contributed by atoms with Crippen molar-refractivity contribution < 1.29 is 4.39 Å². The minimum absolute atomic E-state index is 0.267. The molecule has 0 aliphatic rings. The smallest absolute Gasteiger partial charge is 0.148 e. The number of aryl methyl sites for hydroxylation is 1. The predicted octanol–water partition coefficient (Wildman–Crippen LogP) is 3.95. The first-order valence-corrected chi connectivity index (χ1v) is 6.16. The summed E-state index contributed by atoms with van der Waals surface area (Å²) in [4.78, 5) is 2.30. The van der Waals surface area contributed by atoms with Gasteiger partial charge < -0.3 is 0 Å². The number of hydrogen-bond donors (Lipinski definition) is 1. The molecule has 0 radical (unpaired) electrons. The Kier molecular flexibility index (Phi) is 2.87. The van der Waals surface area contributed by atoms with E-state index in [9.17, 15) is 4.39 Å². The summed E-state index contributed by atoms with van der Waals surface area (Å²) in [7, 11) is 1.88. The van der Waals surface area contributed by atoms with Crippen molar-refractivity contribution in [2.45, 2.75) is 0 Å². The molecule has 0 saturated carbocycles. The second kappa shape index (κ2) is 4.55. The lowest BCUT2D eigenvalue weighted by atomic mass is 10.0. The molecule has 2 aromatic carbocycles. The van der Waals surface area contributed by atoms with Gasteiger partial charge in [-0.05, 0) is 29.3 Å². The van der Waals surface area contributed by atoms with Crippen molar-refractivity contribution in [2.75, 3.05) is 4.84 Å². The summed E-state index contributed by atoms with van der Waals surface area (Å²) in [5.41, 5.74) is 3.03. The van der Waals surface area contributed by atoms with Crippen molar-refractivity contribution in [2.24, 2.45) is 7.05 Å². The molecule has 1 N–H and O–H groups in total. The second-order valence-electron chi connectivity index (χ2n) is 4.30. The average molecular weight is 276 g/mol. The molecule has 3 rings (SSSR count). The minimum atomic E-state index is -0.381. The van der Waals surface area contributed by atoms with Crippen molar-refractivity contribution in [1.82, 2.24) is 9.78 Å². The summed E-state index contributed by atoms with van der Waals surface area (Å²) in [6.45, 7) is 0. The van der Waals surface area contributed by atoms with Crippen LogP contribution in [0.25, 0.3) is 22.0 Å². The SMILES string of the molecule is Cn1ncc2c(-c3ccc(NCl)c(F)c3)cccc21. The fourth-order valence-corrected chi connectivity index (χ4v) is 2.34. The van der Waals surface area contributed by atoms with Gasteiger partial charge in [0.05, 0.1) is 17.4 Å². The zero-order valence-corrected chi connectivity index (χ0v) is 10.9. The van der Waals surface area contributed by atoms with Gasteiger partial charge in [-0.25, -0.2) is 4.39 Å². The van der Waals surface area contributed by atoms with Crippen LogP contribution < -0.4 is 4.84 Å². The molecule has 0 aliphatic carbocycles. The number of nitrogens with zero attached hydrogens (tertiary/aromatic N) is 2. The molecule has 3 nitrogen and oxygen atoms in total. The van der Waals surface area contributed by atoms with E-state index < -0.39 is 0 Å². The van der Waals surface area contributed by atoms with Crippen LogP contribution in [0.4, 0.5) is 10.1 Å². The van der Waals surface area contributed by atoms with Crippen molar-refractivity contribution >= 4 is 28.4 Å². The average Bonchev–Trinajstić information content (AvgIpc) is 2.80. The Labute approximate surface area is 114 Å². The van der Waals surface area contributed by atoms with Gasteiger partial charge in [0, 0.05) is 24.2 Å². The van der Waals surface area contributed by atoms with Crippen molar-refractivity contribution in [3.05, 3.63) is 48.4 Å². The number of anilines is 1. The largest absolute Gasteiger partial charge is 0.296 e. The molecule has 0 amide bonds. The van der Waals surface area contributed by atoms with Gasteiger partial charge in [0.15, 0.2) is 0 Å². The molecule has 3 aromatic rings. The van der Waals surface area contributed by atoms with E-state index in [1.165, 1.54) is 6.07 Å². The predicted molar refractivity (Wildman–Crippen MR) is 75.6 cm³/mol. The van der Waals surface area contributed by atoms with Crippen molar-refractivity contribution in [3.8, 4) is 11.1 Å². The first-order valence-electron chi connectivity index (χ1n) is 5.78. The molecule has 1 aromatic heterocycles. The van der Waals surface area contributed by atoms with E-state index in [0.29, 0.717) is 0 Å². The third-order valence-electron chi connectivity index (χ3n) is 3.17. The molecule has 0 spiro atoms. The number of nitrogens with one attached hydrogen (secondary N) is 1. The topological polar surface area (TPSA) is 29.9 Å². The fraction of sp³-hybridized carbons (Fsp3) is 0.0714. The van der Waals surface area contributed by atoms with Crippen LogP contribution in [0.5, 0.6) is 0 Å². The standard InChI is InChI=1S/C14H11ClFN3/c1-19-14-4-2-3-10(11(14)8-17-19)9-5-6-13(18-15)12(16)7-9/h2-8,18H,1H3. The monoisotopic (exact) mass is 275 g/mol. The summed E-state index contributed by atoms with van der Waals surface area (Å²) >= 11 is 5.43. The highest BCUT2D eigenvalue weighted by Gasteiger charge is 2.09. The first kappa shape index (κ1) is 12.0. The second-order valence-corrected chi connectivity index (χ2v) is 4.48. The Morgan fingerprint density at radius 1 is 1.26 bits per heavy atom. The van der Waals surface area contributed by atoms with Gasteiger partial charge in [0.1, 0.15) is 5.82 Å². The van der Waals surface area contributed by atoms with Gasteiger partial charge in [-0.1, -0.05) is 18.2 Å². The lowest BCUT2D eigenvalue weighted by molar-refractivity contribution is 0.633. The molecule has 5 heteroatoms.